The Bertz CT molecular complexity index is 1480. The van der Waals surface area contributed by atoms with Crippen LogP contribution >= 0.6 is 0 Å². The number of likely N-dealkylation sites (tertiary alicyclic amines) is 1. The summed E-state index contributed by atoms with van der Waals surface area (Å²) in [6.45, 7) is 5.78. The van der Waals surface area contributed by atoms with E-state index in [-0.39, 0.29) is 37.8 Å². The number of hydrogen-bond donors (Lipinski definition) is 4. The van der Waals surface area contributed by atoms with Gasteiger partial charge in [-0.15, -0.1) is 0 Å². The summed E-state index contributed by atoms with van der Waals surface area (Å²) in [4.78, 5) is 40.2. The van der Waals surface area contributed by atoms with Gasteiger partial charge in [0.05, 0.1) is 30.1 Å². The van der Waals surface area contributed by atoms with Crippen molar-refractivity contribution in [2.45, 2.75) is 88.4 Å². The molecule has 1 fully saturated rings. The van der Waals surface area contributed by atoms with Crippen LogP contribution in [0, 0.1) is 6.92 Å². The van der Waals surface area contributed by atoms with E-state index >= 15 is 0 Å². The van der Waals surface area contributed by atoms with E-state index in [4.69, 9.17) is 19.9 Å². The number of rotatable bonds is 10. The van der Waals surface area contributed by atoms with Crippen LogP contribution in [0.5, 0.6) is 5.75 Å². The second-order valence-electron chi connectivity index (χ2n) is 12.4. The first-order valence-electron chi connectivity index (χ1n) is 15.4. The van der Waals surface area contributed by atoms with Gasteiger partial charge in [0.15, 0.2) is 12.2 Å². The SMILES string of the molecule is Cc1ccc(CO)c2c1[C@]13CCN(C)[C@H](C)[C@]1(O)CC=C(OC(=O)[C@H](C)OC(=O)CCNC(=O)[C@@H](N)Cc1ccccc1)[C@@H]3O2. The average Bonchev–Trinajstić information content (AvgIpc) is 3.38. The van der Waals surface area contributed by atoms with E-state index in [1.807, 2.05) is 57.3 Å². The molecule has 2 aromatic carbocycles. The topological polar surface area (TPSA) is 161 Å². The lowest BCUT2D eigenvalue weighted by atomic mass is 9.54. The second kappa shape index (κ2) is 12.9. The third-order valence-electron chi connectivity index (χ3n) is 9.73. The molecule has 5 rings (SSSR count). The van der Waals surface area contributed by atoms with Gasteiger partial charge in [-0.2, -0.15) is 0 Å². The molecule has 0 radical (unpaired) electrons. The molecule has 1 spiro atoms. The predicted molar refractivity (Wildman–Crippen MR) is 165 cm³/mol. The summed E-state index contributed by atoms with van der Waals surface area (Å²) in [5, 5.41) is 25.1. The largest absolute Gasteiger partial charge is 0.481 e. The molecule has 45 heavy (non-hydrogen) atoms. The first-order valence-corrected chi connectivity index (χ1v) is 15.4. The summed E-state index contributed by atoms with van der Waals surface area (Å²) in [5.41, 5.74) is 7.10. The Morgan fingerprint density at radius 1 is 1.20 bits per heavy atom. The molecule has 0 unspecified atom stereocenters. The van der Waals surface area contributed by atoms with Gasteiger partial charge in [-0.3, -0.25) is 9.59 Å². The summed E-state index contributed by atoms with van der Waals surface area (Å²) >= 11 is 0. The molecule has 6 atom stereocenters. The third kappa shape index (κ3) is 5.85. The Balaban J connectivity index is 1.23. The van der Waals surface area contributed by atoms with E-state index < -0.39 is 47.1 Å². The molecule has 1 amide bonds. The van der Waals surface area contributed by atoms with Gasteiger partial charge in [0, 0.05) is 30.1 Å². The minimum atomic E-state index is -1.24. The number of nitrogens with two attached hydrogens (primary N) is 1. The number of esters is 2. The highest BCUT2D eigenvalue weighted by Crippen LogP contribution is 2.61. The van der Waals surface area contributed by atoms with Gasteiger partial charge in [0.2, 0.25) is 5.91 Å². The third-order valence-corrected chi connectivity index (χ3v) is 9.73. The maximum Gasteiger partial charge on any atom is 0.352 e. The van der Waals surface area contributed by atoms with Crippen LogP contribution in [0.15, 0.2) is 54.3 Å². The number of carbonyl (C=O) groups is 3. The van der Waals surface area contributed by atoms with Crippen LogP contribution in [0.25, 0.3) is 0 Å². The molecule has 11 heteroatoms. The van der Waals surface area contributed by atoms with E-state index in [0.717, 1.165) is 16.7 Å². The molecule has 2 heterocycles. The number of likely N-dealkylation sites (N-methyl/N-ethyl adjacent to an activating group) is 1. The van der Waals surface area contributed by atoms with Gasteiger partial charge in [-0.05, 0) is 64.4 Å². The van der Waals surface area contributed by atoms with Crippen molar-refractivity contribution in [2.24, 2.45) is 5.73 Å². The minimum absolute atomic E-state index is 0.00151. The number of nitrogens with one attached hydrogen (secondary N) is 1. The van der Waals surface area contributed by atoms with E-state index in [2.05, 4.69) is 10.2 Å². The predicted octanol–water partition coefficient (Wildman–Crippen LogP) is 1.78. The van der Waals surface area contributed by atoms with Crippen molar-refractivity contribution in [2.75, 3.05) is 20.1 Å². The standard InChI is InChI=1S/C34H43N3O8/c1-20-10-11-24(19-38)29-28(20)33-15-17-37(4)22(3)34(33,42)14-12-26(30(33)45-29)44-32(41)21(2)43-27(39)13-16-36-31(40)25(35)18-23-8-6-5-7-9-23/h5-12,21-22,25,30,38,42H,13-19,35H2,1-4H3,(H,36,40)/t21-,22+,25-,30-,33-,34+/m0/s1. The second-order valence-corrected chi connectivity index (χ2v) is 12.4. The lowest BCUT2D eigenvalue weighted by molar-refractivity contribution is -0.171. The van der Waals surface area contributed by atoms with Crippen molar-refractivity contribution in [1.29, 1.82) is 0 Å². The molecule has 0 bridgehead atoms. The summed E-state index contributed by atoms with van der Waals surface area (Å²) in [7, 11) is 1.97. The van der Waals surface area contributed by atoms with E-state index in [0.29, 0.717) is 30.7 Å². The Morgan fingerprint density at radius 2 is 1.93 bits per heavy atom. The fraction of sp³-hybridized carbons (Fsp3) is 0.500. The quantitative estimate of drug-likeness (QED) is 0.288. The zero-order chi connectivity index (χ0) is 32.5. The van der Waals surface area contributed by atoms with Gasteiger partial charge in [-0.25, -0.2) is 4.79 Å². The monoisotopic (exact) mass is 621 g/mol. The van der Waals surface area contributed by atoms with E-state index in [1.54, 1.807) is 12.1 Å². The number of hydrogen-bond acceptors (Lipinski definition) is 10. The molecule has 11 nitrogen and oxygen atoms in total. The molecule has 5 N–H and O–H groups in total. The number of benzene rings is 2. The van der Waals surface area contributed by atoms with E-state index in [1.165, 1.54) is 6.92 Å². The highest BCUT2D eigenvalue weighted by Gasteiger charge is 2.69. The molecule has 1 saturated heterocycles. The molecular formula is C34H43N3O8. The molecule has 3 aliphatic rings. The number of nitrogens with zero attached hydrogens (tertiary/aromatic N) is 1. The van der Waals surface area contributed by atoms with Crippen molar-refractivity contribution in [3.05, 3.63) is 76.6 Å². The van der Waals surface area contributed by atoms with Crippen molar-refractivity contribution in [3.63, 3.8) is 0 Å². The molecular weight excluding hydrogens is 578 g/mol. The van der Waals surface area contributed by atoms with Crippen molar-refractivity contribution in [1.82, 2.24) is 10.2 Å². The Hall–Kier alpha value is -3.77. The molecule has 0 saturated carbocycles. The molecule has 2 aliphatic heterocycles. The highest BCUT2D eigenvalue weighted by atomic mass is 16.6. The van der Waals surface area contributed by atoms with Crippen LogP contribution < -0.4 is 15.8 Å². The lowest BCUT2D eigenvalue weighted by Gasteiger charge is -2.58. The Morgan fingerprint density at radius 3 is 2.64 bits per heavy atom. The fourth-order valence-electron chi connectivity index (χ4n) is 7.08. The molecule has 242 valence electrons. The van der Waals surface area contributed by atoms with Crippen LogP contribution in [0.3, 0.4) is 0 Å². The molecule has 2 aromatic rings. The maximum atomic E-state index is 13.2. The summed E-state index contributed by atoms with van der Waals surface area (Å²) < 4.78 is 17.7. The number of fused-ring (bicyclic) bond motifs is 1. The number of aliphatic hydroxyl groups is 2. The van der Waals surface area contributed by atoms with Gasteiger partial charge in [0.25, 0.3) is 0 Å². The lowest BCUT2D eigenvalue weighted by Crippen LogP contribution is -2.71. The average molecular weight is 622 g/mol. The number of piperidine rings is 1. The van der Waals surface area contributed by atoms with Crippen molar-refractivity contribution >= 4 is 17.8 Å². The first kappa shape index (κ1) is 32.6. The Labute approximate surface area is 263 Å². The van der Waals surface area contributed by atoms with Crippen molar-refractivity contribution < 1.29 is 38.8 Å². The van der Waals surface area contributed by atoms with Gasteiger partial charge in [0.1, 0.15) is 11.5 Å². The van der Waals surface area contributed by atoms with Crippen LogP contribution in [0.4, 0.5) is 0 Å². The number of carbonyl (C=O) groups excluding carboxylic acids is 3. The van der Waals surface area contributed by atoms with Crippen molar-refractivity contribution in [3.8, 4) is 5.75 Å². The number of aliphatic hydroxyl groups excluding tert-OH is 1. The zero-order valence-corrected chi connectivity index (χ0v) is 26.2. The summed E-state index contributed by atoms with van der Waals surface area (Å²) in [5.74, 6) is -1.12. The van der Waals surface area contributed by atoms with Crippen LogP contribution in [-0.4, -0.2) is 83.0 Å². The van der Waals surface area contributed by atoms with Gasteiger partial charge >= 0.3 is 11.9 Å². The molecule has 0 aromatic heterocycles. The summed E-state index contributed by atoms with van der Waals surface area (Å²) in [6.07, 6.45) is 0.578. The van der Waals surface area contributed by atoms with Gasteiger partial charge in [-0.1, -0.05) is 42.5 Å². The molecule has 1 aliphatic carbocycles. The normalized spacial score (nSPS) is 26.7. The minimum Gasteiger partial charge on any atom is -0.481 e. The highest BCUT2D eigenvalue weighted by molar-refractivity contribution is 5.83. The zero-order valence-electron chi connectivity index (χ0n) is 26.2. The van der Waals surface area contributed by atoms with Crippen LogP contribution in [0.2, 0.25) is 0 Å². The number of ether oxygens (including phenoxy) is 3. The Kier molecular flexibility index (Phi) is 9.36. The number of amides is 1. The van der Waals surface area contributed by atoms with Crippen LogP contribution in [-0.2, 0) is 42.3 Å². The smallest absolute Gasteiger partial charge is 0.352 e. The fourth-order valence-corrected chi connectivity index (χ4v) is 7.08. The maximum absolute atomic E-state index is 13.2. The summed E-state index contributed by atoms with van der Waals surface area (Å²) in [6, 6.07) is 12.1. The number of aryl methyl sites for hydroxylation is 1. The van der Waals surface area contributed by atoms with Gasteiger partial charge < -0.3 is 40.4 Å². The van der Waals surface area contributed by atoms with E-state index in [9.17, 15) is 24.6 Å². The first-order chi connectivity index (χ1) is 21.4. The van der Waals surface area contributed by atoms with Crippen LogP contribution in [0.1, 0.15) is 55.4 Å².